The van der Waals surface area contributed by atoms with Gasteiger partial charge in [0.05, 0.1) is 0 Å². The number of hydrogen-bond donors (Lipinski definition) is 1. The van der Waals surface area contributed by atoms with Crippen molar-refractivity contribution in [1.82, 2.24) is 5.32 Å². The summed E-state index contributed by atoms with van der Waals surface area (Å²) in [6.45, 7) is 3.43. The maximum Gasteiger partial charge on any atom is 0.0313 e. The molecule has 3 saturated carbocycles. The number of fused-ring (bicyclic) bond motifs is 5. The fourth-order valence-electron chi connectivity index (χ4n) is 5.72. The Bertz CT molecular complexity index is 343. The van der Waals surface area contributed by atoms with E-state index in [1.165, 1.54) is 25.7 Å². The van der Waals surface area contributed by atoms with Crippen LogP contribution in [0.15, 0.2) is 11.6 Å². The largest absolute Gasteiger partial charge is 0.310 e. The molecule has 1 N–H and O–H groups in total. The molecule has 0 heterocycles. The van der Waals surface area contributed by atoms with Gasteiger partial charge in [-0.15, -0.1) is 0 Å². The summed E-state index contributed by atoms with van der Waals surface area (Å²) in [5, 5.41) is 3.84. The maximum absolute atomic E-state index is 3.84. The lowest BCUT2D eigenvalue weighted by molar-refractivity contribution is 0.386. The van der Waals surface area contributed by atoms with Crippen LogP contribution in [0.25, 0.3) is 0 Å². The molecule has 3 fully saturated rings. The lowest BCUT2D eigenvalue weighted by Crippen LogP contribution is -2.35. The summed E-state index contributed by atoms with van der Waals surface area (Å²) < 4.78 is 0. The molecule has 100 valence electrons. The average Bonchev–Trinajstić information content (AvgIpc) is 2.83. The van der Waals surface area contributed by atoms with Gasteiger partial charge in [-0.3, -0.25) is 0 Å². The second-order valence-electron chi connectivity index (χ2n) is 7.13. The zero-order valence-corrected chi connectivity index (χ0v) is 11.7. The first-order chi connectivity index (χ1) is 8.90. The summed E-state index contributed by atoms with van der Waals surface area (Å²) in [6.07, 6.45) is 12.8. The van der Waals surface area contributed by atoms with Crippen molar-refractivity contribution in [2.75, 3.05) is 6.54 Å². The topological polar surface area (TPSA) is 12.0 Å². The van der Waals surface area contributed by atoms with Gasteiger partial charge in [0.15, 0.2) is 0 Å². The standard InChI is InChI=1S/C17H27N/c1-2-18-17(11-6-4-3-5-7-11)16-14-12-8-9-13(10-12)15(14)16/h6,12-18H,2-5,7-10H2,1H3. The molecule has 0 radical (unpaired) electrons. The summed E-state index contributed by atoms with van der Waals surface area (Å²) in [6, 6.07) is 0.758. The van der Waals surface area contributed by atoms with E-state index in [0.29, 0.717) is 0 Å². The summed E-state index contributed by atoms with van der Waals surface area (Å²) in [5.41, 5.74) is 1.78. The lowest BCUT2D eigenvalue weighted by Gasteiger charge is -2.26. The Balaban J connectivity index is 1.52. The molecule has 2 bridgehead atoms. The fourth-order valence-corrected chi connectivity index (χ4v) is 5.72. The van der Waals surface area contributed by atoms with Gasteiger partial charge in [0.1, 0.15) is 0 Å². The molecular weight excluding hydrogens is 218 g/mol. The van der Waals surface area contributed by atoms with Crippen molar-refractivity contribution in [2.45, 2.75) is 57.9 Å². The summed E-state index contributed by atoms with van der Waals surface area (Å²) >= 11 is 0. The molecule has 1 heteroatoms. The number of hydrogen-bond acceptors (Lipinski definition) is 1. The van der Waals surface area contributed by atoms with Crippen LogP contribution in [0.2, 0.25) is 0 Å². The zero-order valence-electron chi connectivity index (χ0n) is 11.7. The fraction of sp³-hybridized carbons (Fsp3) is 0.882. The van der Waals surface area contributed by atoms with Crippen molar-refractivity contribution >= 4 is 0 Å². The van der Waals surface area contributed by atoms with E-state index in [0.717, 1.165) is 42.2 Å². The number of nitrogens with one attached hydrogen (secondary N) is 1. The molecule has 4 rings (SSSR count). The first kappa shape index (κ1) is 11.5. The Morgan fingerprint density at radius 1 is 1.22 bits per heavy atom. The number of rotatable bonds is 4. The van der Waals surface area contributed by atoms with Crippen LogP contribution in [0.1, 0.15) is 51.9 Å². The Kier molecular flexibility index (Phi) is 2.80. The van der Waals surface area contributed by atoms with Crippen LogP contribution in [0, 0.1) is 29.6 Å². The van der Waals surface area contributed by atoms with E-state index in [9.17, 15) is 0 Å². The highest BCUT2D eigenvalue weighted by Gasteiger charge is 2.66. The van der Waals surface area contributed by atoms with Gasteiger partial charge in [-0.1, -0.05) is 18.6 Å². The van der Waals surface area contributed by atoms with Crippen LogP contribution in [0.4, 0.5) is 0 Å². The molecular formula is C17H27N. The van der Waals surface area contributed by atoms with E-state index in [2.05, 4.69) is 18.3 Å². The van der Waals surface area contributed by atoms with E-state index in [4.69, 9.17) is 0 Å². The van der Waals surface area contributed by atoms with Crippen molar-refractivity contribution < 1.29 is 0 Å². The van der Waals surface area contributed by atoms with Crippen LogP contribution in [-0.2, 0) is 0 Å². The first-order valence-corrected chi connectivity index (χ1v) is 8.32. The van der Waals surface area contributed by atoms with Gasteiger partial charge in [-0.2, -0.15) is 0 Å². The van der Waals surface area contributed by atoms with Crippen LogP contribution in [0.3, 0.4) is 0 Å². The minimum atomic E-state index is 0.758. The highest BCUT2D eigenvalue weighted by molar-refractivity contribution is 5.25. The minimum Gasteiger partial charge on any atom is -0.310 e. The molecule has 1 nitrogen and oxygen atoms in total. The molecule has 0 aromatic carbocycles. The second kappa shape index (κ2) is 4.37. The van der Waals surface area contributed by atoms with E-state index < -0.39 is 0 Å². The molecule has 0 amide bonds. The van der Waals surface area contributed by atoms with E-state index in [1.54, 1.807) is 24.8 Å². The highest BCUT2D eigenvalue weighted by atomic mass is 14.9. The predicted molar refractivity (Wildman–Crippen MR) is 75.3 cm³/mol. The quantitative estimate of drug-likeness (QED) is 0.744. The van der Waals surface area contributed by atoms with Gasteiger partial charge in [0.2, 0.25) is 0 Å². The van der Waals surface area contributed by atoms with Crippen molar-refractivity contribution in [3.63, 3.8) is 0 Å². The molecule has 0 aromatic heterocycles. The van der Waals surface area contributed by atoms with Crippen LogP contribution in [-0.4, -0.2) is 12.6 Å². The summed E-state index contributed by atoms with van der Waals surface area (Å²) in [5.74, 6) is 5.51. The zero-order chi connectivity index (χ0) is 12.1. The highest BCUT2D eigenvalue weighted by Crippen LogP contribution is 2.70. The average molecular weight is 245 g/mol. The normalized spacial score (nSPS) is 46.7. The molecule has 5 atom stereocenters. The second-order valence-corrected chi connectivity index (χ2v) is 7.13. The smallest absolute Gasteiger partial charge is 0.0313 e. The third kappa shape index (κ3) is 1.62. The maximum atomic E-state index is 3.84. The Morgan fingerprint density at radius 3 is 2.61 bits per heavy atom. The van der Waals surface area contributed by atoms with Crippen LogP contribution < -0.4 is 5.32 Å². The Labute approximate surface area is 111 Å². The molecule has 18 heavy (non-hydrogen) atoms. The predicted octanol–water partition coefficient (Wildman–Crippen LogP) is 3.76. The van der Waals surface area contributed by atoms with Crippen LogP contribution >= 0.6 is 0 Å². The van der Waals surface area contributed by atoms with Gasteiger partial charge in [-0.05, 0) is 81.1 Å². The summed E-state index contributed by atoms with van der Waals surface area (Å²) in [7, 11) is 0. The molecule has 0 aliphatic heterocycles. The van der Waals surface area contributed by atoms with Crippen molar-refractivity contribution in [3.8, 4) is 0 Å². The minimum absolute atomic E-state index is 0.758. The summed E-state index contributed by atoms with van der Waals surface area (Å²) in [4.78, 5) is 0. The Hall–Kier alpha value is -0.300. The molecule has 5 unspecified atom stereocenters. The third-order valence-electron chi connectivity index (χ3n) is 6.33. The van der Waals surface area contributed by atoms with Crippen molar-refractivity contribution in [1.29, 1.82) is 0 Å². The van der Waals surface area contributed by atoms with Crippen molar-refractivity contribution in [2.24, 2.45) is 29.6 Å². The van der Waals surface area contributed by atoms with Crippen molar-refractivity contribution in [3.05, 3.63) is 11.6 Å². The third-order valence-corrected chi connectivity index (χ3v) is 6.33. The van der Waals surface area contributed by atoms with Gasteiger partial charge in [0.25, 0.3) is 0 Å². The number of likely N-dealkylation sites (N-methyl/N-ethyl adjacent to an activating group) is 1. The number of allylic oxidation sites excluding steroid dienone is 1. The lowest BCUT2D eigenvalue weighted by atomic mass is 9.87. The van der Waals surface area contributed by atoms with Crippen LogP contribution in [0.5, 0.6) is 0 Å². The molecule has 0 spiro atoms. The first-order valence-electron chi connectivity index (χ1n) is 8.32. The SMILES string of the molecule is CCNC(C1=CCCCC1)C1C2C3CCC(C3)C21. The monoisotopic (exact) mass is 245 g/mol. The molecule has 4 aliphatic rings. The molecule has 0 saturated heterocycles. The van der Waals surface area contributed by atoms with E-state index in [-0.39, 0.29) is 0 Å². The Morgan fingerprint density at radius 2 is 2.00 bits per heavy atom. The van der Waals surface area contributed by atoms with E-state index in [1.807, 2.05) is 0 Å². The molecule has 4 aliphatic carbocycles. The van der Waals surface area contributed by atoms with Gasteiger partial charge >= 0.3 is 0 Å². The molecule has 0 aromatic rings. The van der Waals surface area contributed by atoms with Gasteiger partial charge in [0, 0.05) is 6.04 Å². The van der Waals surface area contributed by atoms with Gasteiger partial charge < -0.3 is 5.32 Å². The van der Waals surface area contributed by atoms with E-state index >= 15 is 0 Å². The van der Waals surface area contributed by atoms with Gasteiger partial charge in [-0.25, -0.2) is 0 Å².